The summed E-state index contributed by atoms with van der Waals surface area (Å²) in [5.74, 6) is -0.276. The highest BCUT2D eigenvalue weighted by molar-refractivity contribution is 6.08. The zero-order chi connectivity index (χ0) is 22.8. The number of likely N-dealkylation sites (tertiary alicyclic amines) is 1. The van der Waals surface area contributed by atoms with Crippen LogP contribution in [0, 0.1) is 0 Å². The number of aliphatic hydroxyl groups excluding tert-OH is 1. The number of nitrogens with zero attached hydrogens (tertiary/aromatic N) is 3. The molecule has 1 amide bonds. The number of hydrogen-bond acceptors (Lipinski definition) is 5. The van der Waals surface area contributed by atoms with Gasteiger partial charge in [-0.3, -0.25) is 14.5 Å². The lowest BCUT2D eigenvalue weighted by Crippen LogP contribution is -2.44. The van der Waals surface area contributed by atoms with Crippen LogP contribution in [0.15, 0.2) is 54.7 Å². The molecule has 1 aromatic heterocycles. The monoisotopic (exact) mass is 434 g/mol. The van der Waals surface area contributed by atoms with E-state index in [1.807, 2.05) is 55.2 Å². The van der Waals surface area contributed by atoms with E-state index in [-0.39, 0.29) is 31.2 Å². The number of benzene rings is 2. The Morgan fingerprint density at radius 1 is 1.09 bits per heavy atom. The molecule has 32 heavy (non-hydrogen) atoms. The molecule has 0 radical (unpaired) electrons. The maximum Gasteiger partial charge on any atom is 0.256 e. The van der Waals surface area contributed by atoms with Crippen LogP contribution in [0.3, 0.4) is 0 Å². The summed E-state index contributed by atoms with van der Waals surface area (Å²) in [6, 6.07) is 15.2. The van der Waals surface area contributed by atoms with Crippen LogP contribution in [0.4, 0.5) is 5.69 Å². The molecule has 4 rings (SSSR count). The zero-order valence-electron chi connectivity index (χ0n) is 18.8. The number of H-pyrrole nitrogens is 1. The van der Waals surface area contributed by atoms with E-state index in [0.29, 0.717) is 12.1 Å². The van der Waals surface area contributed by atoms with E-state index in [4.69, 9.17) is 0 Å². The van der Waals surface area contributed by atoms with Crippen molar-refractivity contribution >= 4 is 28.3 Å². The molecule has 2 atom stereocenters. The van der Waals surface area contributed by atoms with E-state index in [1.165, 1.54) is 4.90 Å². The molecule has 0 aliphatic carbocycles. The molecule has 1 saturated heterocycles. The summed E-state index contributed by atoms with van der Waals surface area (Å²) >= 11 is 0. The van der Waals surface area contributed by atoms with Gasteiger partial charge in [0, 0.05) is 56.4 Å². The van der Waals surface area contributed by atoms with Gasteiger partial charge in [-0.1, -0.05) is 30.3 Å². The van der Waals surface area contributed by atoms with Crippen molar-refractivity contribution in [2.45, 2.75) is 25.1 Å². The third-order valence-corrected chi connectivity index (χ3v) is 6.06. The number of β-amino-alcohol motifs (C(OH)–C–C–N with tert-alkyl or cyclic N) is 1. The van der Waals surface area contributed by atoms with Gasteiger partial charge in [0.25, 0.3) is 5.91 Å². The average Bonchev–Trinajstić information content (AvgIpc) is 3.37. The predicted octanol–water partition coefficient (Wildman–Crippen LogP) is 2.51. The molecule has 0 spiro atoms. The Balaban J connectivity index is 1.44. The molecular formula is C25H30N4O3. The molecule has 0 bridgehead atoms. The first-order valence-electron chi connectivity index (χ1n) is 10.9. The summed E-state index contributed by atoms with van der Waals surface area (Å²) in [4.78, 5) is 35.0. The number of aromatic nitrogens is 1. The summed E-state index contributed by atoms with van der Waals surface area (Å²) in [6.07, 6.45) is 1.27. The molecule has 7 nitrogen and oxygen atoms in total. The number of para-hydroxylation sites is 1. The van der Waals surface area contributed by atoms with Crippen molar-refractivity contribution in [3.8, 4) is 0 Å². The van der Waals surface area contributed by atoms with Gasteiger partial charge in [0.05, 0.1) is 24.3 Å². The molecule has 1 aliphatic heterocycles. The second-order valence-electron chi connectivity index (χ2n) is 8.81. The lowest BCUT2D eigenvalue weighted by molar-refractivity contribution is -0.123. The lowest BCUT2D eigenvalue weighted by Gasteiger charge is -2.25. The number of aliphatic hydroxyl groups is 1. The number of aromatic amines is 1. The van der Waals surface area contributed by atoms with E-state index in [0.717, 1.165) is 22.2 Å². The second-order valence-corrected chi connectivity index (χ2v) is 8.81. The van der Waals surface area contributed by atoms with Gasteiger partial charge in [-0.2, -0.15) is 0 Å². The Morgan fingerprint density at radius 3 is 2.53 bits per heavy atom. The van der Waals surface area contributed by atoms with Crippen LogP contribution in [-0.4, -0.2) is 78.0 Å². The smallest absolute Gasteiger partial charge is 0.256 e. The molecule has 7 heteroatoms. The van der Waals surface area contributed by atoms with Crippen molar-refractivity contribution in [3.63, 3.8) is 0 Å². The predicted molar refractivity (Wildman–Crippen MR) is 126 cm³/mol. The van der Waals surface area contributed by atoms with Crippen LogP contribution in [0.2, 0.25) is 0 Å². The molecule has 3 aromatic rings. The van der Waals surface area contributed by atoms with E-state index in [9.17, 15) is 14.7 Å². The first-order chi connectivity index (χ1) is 15.3. The molecular weight excluding hydrogens is 404 g/mol. The summed E-state index contributed by atoms with van der Waals surface area (Å²) in [6.45, 7) is 1.01. The average molecular weight is 435 g/mol. The zero-order valence-corrected chi connectivity index (χ0v) is 18.8. The minimum atomic E-state index is -0.693. The molecule has 2 heterocycles. The number of likely N-dealkylation sites (N-methyl/N-ethyl adjacent to an activating group) is 1. The topological polar surface area (TPSA) is 79.9 Å². The van der Waals surface area contributed by atoms with Gasteiger partial charge in [-0.05, 0) is 30.8 Å². The van der Waals surface area contributed by atoms with Gasteiger partial charge in [-0.15, -0.1) is 0 Å². The fraction of sp³-hybridized carbons (Fsp3) is 0.360. The van der Waals surface area contributed by atoms with Crippen LogP contribution < -0.4 is 4.90 Å². The number of rotatable bonds is 7. The quantitative estimate of drug-likeness (QED) is 0.597. The number of fused-ring (bicyclic) bond motifs is 1. The van der Waals surface area contributed by atoms with Crippen LogP contribution in [-0.2, 0) is 11.3 Å². The third kappa shape index (κ3) is 4.54. The minimum Gasteiger partial charge on any atom is -0.391 e. The summed E-state index contributed by atoms with van der Waals surface area (Å²) in [7, 11) is 5.90. The number of carbonyl (C=O) groups excluding carboxylic acids is 2. The number of nitrogens with one attached hydrogen (secondary N) is 1. The minimum absolute atomic E-state index is 0.0536. The lowest BCUT2D eigenvalue weighted by atomic mass is 10.1. The number of hydrogen-bond donors (Lipinski definition) is 2. The highest BCUT2D eigenvalue weighted by Crippen LogP contribution is 2.26. The van der Waals surface area contributed by atoms with Gasteiger partial charge < -0.3 is 19.9 Å². The van der Waals surface area contributed by atoms with Crippen molar-refractivity contribution < 1.29 is 14.7 Å². The number of carbonyl (C=O) groups is 2. The number of anilines is 1. The molecule has 1 aliphatic rings. The fourth-order valence-corrected chi connectivity index (χ4v) is 4.39. The Morgan fingerprint density at radius 2 is 1.81 bits per heavy atom. The second kappa shape index (κ2) is 9.14. The van der Waals surface area contributed by atoms with Crippen molar-refractivity contribution in [1.29, 1.82) is 0 Å². The Hall–Kier alpha value is -3.16. The molecule has 0 saturated carbocycles. The number of amides is 1. The summed E-state index contributed by atoms with van der Waals surface area (Å²) in [5, 5.41) is 11.1. The van der Waals surface area contributed by atoms with Crippen molar-refractivity contribution in [2.75, 3.05) is 39.1 Å². The van der Waals surface area contributed by atoms with Gasteiger partial charge in [0.1, 0.15) is 0 Å². The third-order valence-electron chi connectivity index (χ3n) is 6.06. The first kappa shape index (κ1) is 22.0. The molecule has 2 aromatic carbocycles. The summed E-state index contributed by atoms with van der Waals surface area (Å²) in [5.41, 5.74) is 3.64. The van der Waals surface area contributed by atoms with E-state index in [2.05, 4.69) is 29.2 Å². The van der Waals surface area contributed by atoms with Gasteiger partial charge in [-0.25, -0.2) is 0 Å². The molecule has 2 unspecified atom stereocenters. The standard InChI is InChI=1S/C25H30N4O3/c1-27(2)18-10-8-17(9-11-18)14-28(3)16-24(31)23-12-19(30)15-29(23)25(32)21-13-26-22-7-5-4-6-20(21)22/h4-11,13,19,23,26,30H,12,14-16H2,1-3H3. The Labute approximate surface area is 188 Å². The first-order valence-corrected chi connectivity index (χ1v) is 10.9. The Bertz CT molecular complexity index is 1110. The highest BCUT2D eigenvalue weighted by atomic mass is 16.3. The molecule has 168 valence electrons. The van der Waals surface area contributed by atoms with E-state index < -0.39 is 12.1 Å². The maximum absolute atomic E-state index is 13.3. The summed E-state index contributed by atoms with van der Waals surface area (Å²) < 4.78 is 0. The molecule has 2 N–H and O–H groups in total. The van der Waals surface area contributed by atoms with Crippen LogP contribution >= 0.6 is 0 Å². The fourth-order valence-electron chi connectivity index (χ4n) is 4.39. The van der Waals surface area contributed by atoms with Crippen LogP contribution in [0.1, 0.15) is 22.3 Å². The van der Waals surface area contributed by atoms with Crippen molar-refractivity contribution in [1.82, 2.24) is 14.8 Å². The number of Topliss-reactive ketones (excluding diaryl/α,β-unsaturated/α-hetero) is 1. The van der Waals surface area contributed by atoms with E-state index in [1.54, 1.807) is 6.20 Å². The van der Waals surface area contributed by atoms with Crippen LogP contribution in [0.5, 0.6) is 0 Å². The SMILES string of the molecule is CN(CC(=O)C1CC(O)CN1C(=O)c1c[nH]c2ccccc12)Cc1ccc(N(C)C)cc1. The normalized spacial score (nSPS) is 18.5. The largest absolute Gasteiger partial charge is 0.391 e. The van der Waals surface area contributed by atoms with Gasteiger partial charge in [0.2, 0.25) is 0 Å². The van der Waals surface area contributed by atoms with Crippen molar-refractivity contribution in [2.24, 2.45) is 0 Å². The maximum atomic E-state index is 13.3. The Kier molecular flexibility index (Phi) is 6.30. The van der Waals surface area contributed by atoms with E-state index >= 15 is 0 Å². The van der Waals surface area contributed by atoms with Crippen molar-refractivity contribution in [3.05, 3.63) is 65.9 Å². The molecule has 1 fully saturated rings. The van der Waals surface area contributed by atoms with Gasteiger partial charge in [0.15, 0.2) is 5.78 Å². The highest BCUT2D eigenvalue weighted by Gasteiger charge is 2.39. The number of ketones is 1. The van der Waals surface area contributed by atoms with Crippen LogP contribution in [0.25, 0.3) is 10.9 Å². The van der Waals surface area contributed by atoms with Gasteiger partial charge >= 0.3 is 0 Å².